The number of hydrogen-bond donors (Lipinski definition) is 1. The first-order valence-corrected chi connectivity index (χ1v) is 13.3. The molecule has 0 unspecified atom stereocenters. The molecule has 37 heavy (non-hydrogen) atoms. The molecule has 1 aromatic heterocycles. The Kier molecular flexibility index (Phi) is 8.24. The quantitative estimate of drug-likeness (QED) is 0.287. The minimum absolute atomic E-state index is 0.0867. The van der Waals surface area contributed by atoms with Crippen LogP contribution in [0.5, 0.6) is 11.5 Å². The number of halogens is 1. The van der Waals surface area contributed by atoms with Crippen LogP contribution in [0.2, 0.25) is 5.02 Å². The van der Waals surface area contributed by atoms with Crippen LogP contribution in [0.4, 0.5) is 5.69 Å². The van der Waals surface area contributed by atoms with E-state index in [0.717, 1.165) is 17.0 Å². The van der Waals surface area contributed by atoms with Crippen molar-refractivity contribution in [2.45, 2.75) is 51.4 Å². The van der Waals surface area contributed by atoms with Crippen molar-refractivity contribution < 1.29 is 19.1 Å². The number of hydrogen-bond acceptors (Lipinski definition) is 7. The van der Waals surface area contributed by atoms with Crippen molar-refractivity contribution in [1.82, 2.24) is 14.9 Å². The van der Waals surface area contributed by atoms with E-state index in [1.807, 2.05) is 39.0 Å². The van der Waals surface area contributed by atoms with Crippen LogP contribution in [0.1, 0.15) is 37.2 Å². The molecule has 0 aliphatic carbocycles. The Labute approximate surface area is 225 Å². The molecule has 1 aliphatic heterocycles. The van der Waals surface area contributed by atoms with Crippen LogP contribution in [-0.4, -0.2) is 44.8 Å². The molecule has 3 aromatic rings. The summed E-state index contributed by atoms with van der Waals surface area (Å²) in [6.07, 6.45) is 0.396. The van der Waals surface area contributed by atoms with Gasteiger partial charge in [0.1, 0.15) is 5.54 Å². The summed E-state index contributed by atoms with van der Waals surface area (Å²) in [5.74, 6) is 0.775. The maximum absolute atomic E-state index is 13.7. The van der Waals surface area contributed by atoms with Crippen LogP contribution in [0.3, 0.4) is 0 Å². The van der Waals surface area contributed by atoms with Crippen LogP contribution < -0.4 is 14.8 Å². The second kappa shape index (κ2) is 11.4. The average molecular weight is 541 g/mol. The van der Waals surface area contributed by atoms with Gasteiger partial charge in [-0.05, 0) is 63.1 Å². The molecule has 1 aliphatic rings. The minimum atomic E-state index is -1.14. The van der Waals surface area contributed by atoms with Crippen molar-refractivity contribution in [2.24, 2.45) is 0 Å². The molecule has 2 amide bonds. The number of anilines is 1. The molecule has 0 saturated heterocycles. The molecule has 2 heterocycles. The van der Waals surface area contributed by atoms with E-state index < -0.39 is 5.54 Å². The molecule has 0 radical (unpaired) electrons. The van der Waals surface area contributed by atoms with Crippen LogP contribution in [0, 0.1) is 13.8 Å². The molecule has 2 aromatic carbocycles. The van der Waals surface area contributed by atoms with Gasteiger partial charge < -0.3 is 19.7 Å². The van der Waals surface area contributed by atoms with Gasteiger partial charge in [-0.3, -0.25) is 9.59 Å². The van der Waals surface area contributed by atoms with E-state index in [1.54, 1.807) is 42.2 Å². The fourth-order valence-corrected chi connectivity index (χ4v) is 4.94. The first-order chi connectivity index (χ1) is 17.7. The van der Waals surface area contributed by atoms with Crippen LogP contribution >= 0.6 is 23.4 Å². The number of ether oxygens (including phenoxy) is 2. The smallest absolute Gasteiger partial charge is 0.250 e. The monoisotopic (exact) mass is 540 g/mol. The molecule has 10 heteroatoms. The second-order valence-corrected chi connectivity index (χ2v) is 10.4. The highest BCUT2D eigenvalue weighted by atomic mass is 35.5. The number of aryl methyl sites for hydroxylation is 2. The topological polar surface area (TPSA) is 93.7 Å². The zero-order valence-corrected chi connectivity index (χ0v) is 22.8. The number of benzene rings is 2. The van der Waals surface area contributed by atoms with E-state index in [9.17, 15) is 9.59 Å². The lowest BCUT2D eigenvalue weighted by Crippen LogP contribution is -2.57. The Morgan fingerprint density at radius 1 is 1.05 bits per heavy atom. The molecule has 4 rings (SSSR count). The fraction of sp³-hybridized carbons (Fsp3) is 0.333. The molecule has 0 fully saturated rings. The summed E-state index contributed by atoms with van der Waals surface area (Å²) in [7, 11) is 0. The number of carbonyl (C=O) groups excluding carboxylic acids is 2. The van der Waals surface area contributed by atoms with Gasteiger partial charge in [-0.1, -0.05) is 42.4 Å². The molecule has 0 saturated carbocycles. The molecule has 1 atom stereocenters. The summed E-state index contributed by atoms with van der Waals surface area (Å²) in [5, 5.41) is 4.09. The summed E-state index contributed by atoms with van der Waals surface area (Å²) in [5.41, 5.74) is 1.95. The number of nitrogens with zero attached hydrogens (tertiary/aromatic N) is 3. The van der Waals surface area contributed by atoms with E-state index in [4.69, 9.17) is 21.1 Å². The highest BCUT2D eigenvalue weighted by molar-refractivity contribution is 7.99. The largest absolute Gasteiger partial charge is 0.454 e. The number of rotatable bonds is 9. The van der Waals surface area contributed by atoms with Gasteiger partial charge in [0.05, 0.1) is 5.75 Å². The molecule has 1 N–H and O–H groups in total. The SMILES string of the molecule is CC[C@](C)(C(=O)Nc1ccc2c(c1)OCO2)N(Cc1ccc(Cl)cc1)C(=O)CSc1nc(C)cc(C)n1. The Bertz CT molecular complexity index is 1280. The summed E-state index contributed by atoms with van der Waals surface area (Å²) < 4.78 is 10.8. The molecule has 194 valence electrons. The summed E-state index contributed by atoms with van der Waals surface area (Å²) >= 11 is 7.33. The first-order valence-electron chi connectivity index (χ1n) is 11.9. The van der Waals surface area contributed by atoms with E-state index in [0.29, 0.717) is 33.8 Å². The van der Waals surface area contributed by atoms with Gasteiger partial charge in [0.15, 0.2) is 16.7 Å². The molecular formula is C27H29ClN4O4S. The molecule has 0 spiro atoms. The van der Waals surface area contributed by atoms with E-state index in [2.05, 4.69) is 15.3 Å². The van der Waals surface area contributed by atoms with E-state index in [1.165, 1.54) is 11.8 Å². The Morgan fingerprint density at radius 2 is 1.73 bits per heavy atom. The minimum Gasteiger partial charge on any atom is -0.454 e. The number of fused-ring (bicyclic) bond motifs is 1. The standard InChI is InChI=1S/C27H29ClN4O4S/c1-5-27(4,25(34)31-21-10-11-22-23(13-21)36-16-35-22)32(14-19-6-8-20(28)9-7-19)24(33)15-37-26-29-17(2)12-18(3)30-26/h6-13H,5,14-16H2,1-4H3,(H,31,34)/t27-/m1/s1. The molecule has 0 bridgehead atoms. The number of nitrogens with one attached hydrogen (secondary N) is 1. The predicted molar refractivity (Wildman–Crippen MR) is 144 cm³/mol. The number of carbonyl (C=O) groups is 2. The lowest BCUT2D eigenvalue weighted by Gasteiger charge is -2.39. The van der Waals surface area contributed by atoms with Crippen molar-refractivity contribution in [2.75, 3.05) is 17.9 Å². The zero-order chi connectivity index (χ0) is 26.6. The van der Waals surface area contributed by atoms with Crippen molar-refractivity contribution in [3.05, 3.63) is 70.5 Å². The van der Waals surface area contributed by atoms with Gasteiger partial charge in [0, 0.05) is 34.7 Å². The van der Waals surface area contributed by atoms with Crippen molar-refractivity contribution in [1.29, 1.82) is 0 Å². The maximum atomic E-state index is 13.7. The summed E-state index contributed by atoms with van der Waals surface area (Å²) in [6, 6.07) is 14.4. The average Bonchev–Trinajstić information content (AvgIpc) is 3.34. The predicted octanol–water partition coefficient (Wildman–Crippen LogP) is 5.40. The van der Waals surface area contributed by atoms with Crippen LogP contribution in [-0.2, 0) is 16.1 Å². The third-order valence-corrected chi connectivity index (χ3v) is 7.33. The van der Waals surface area contributed by atoms with Crippen molar-refractivity contribution in [3.8, 4) is 11.5 Å². The second-order valence-electron chi connectivity index (χ2n) is 8.98. The summed E-state index contributed by atoms with van der Waals surface area (Å²) in [4.78, 5) is 37.8. The zero-order valence-electron chi connectivity index (χ0n) is 21.2. The van der Waals surface area contributed by atoms with E-state index >= 15 is 0 Å². The summed E-state index contributed by atoms with van der Waals surface area (Å²) in [6.45, 7) is 7.83. The first kappa shape index (κ1) is 26.8. The lowest BCUT2D eigenvalue weighted by molar-refractivity contribution is -0.143. The lowest BCUT2D eigenvalue weighted by atomic mass is 9.93. The maximum Gasteiger partial charge on any atom is 0.250 e. The van der Waals surface area contributed by atoms with Gasteiger partial charge in [0.25, 0.3) is 0 Å². The third kappa shape index (κ3) is 6.34. The fourth-order valence-electron chi connectivity index (χ4n) is 3.99. The third-order valence-electron chi connectivity index (χ3n) is 6.25. The van der Waals surface area contributed by atoms with E-state index in [-0.39, 0.29) is 30.9 Å². The van der Waals surface area contributed by atoms with Gasteiger partial charge in [-0.25, -0.2) is 9.97 Å². The number of aromatic nitrogens is 2. The normalized spacial score (nSPS) is 13.6. The number of thioether (sulfide) groups is 1. The van der Waals surface area contributed by atoms with Crippen molar-refractivity contribution >= 4 is 40.9 Å². The van der Waals surface area contributed by atoms with Gasteiger partial charge in [0.2, 0.25) is 18.6 Å². The van der Waals surface area contributed by atoms with Crippen LogP contribution in [0.25, 0.3) is 0 Å². The Balaban J connectivity index is 1.59. The van der Waals surface area contributed by atoms with Gasteiger partial charge >= 0.3 is 0 Å². The molecular weight excluding hydrogens is 512 g/mol. The van der Waals surface area contributed by atoms with Gasteiger partial charge in [-0.15, -0.1) is 0 Å². The Morgan fingerprint density at radius 3 is 2.41 bits per heavy atom. The number of amides is 2. The highest BCUT2D eigenvalue weighted by Gasteiger charge is 2.41. The van der Waals surface area contributed by atoms with Gasteiger partial charge in [-0.2, -0.15) is 0 Å². The Hall–Kier alpha value is -3.30. The van der Waals surface area contributed by atoms with Crippen LogP contribution in [0.15, 0.2) is 53.7 Å². The molecule has 8 nitrogen and oxygen atoms in total. The van der Waals surface area contributed by atoms with Crippen molar-refractivity contribution in [3.63, 3.8) is 0 Å². The highest BCUT2D eigenvalue weighted by Crippen LogP contribution is 2.35.